The minimum atomic E-state index is -1.09. The van der Waals surface area contributed by atoms with Crippen LogP contribution in [-0.4, -0.2) is 31.7 Å². The molecule has 0 bridgehead atoms. The summed E-state index contributed by atoms with van der Waals surface area (Å²) in [5, 5.41) is 13.4. The number of hydrogen-bond acceptors (Lipinski definition) is 5. The van der Waals surface area contributed by atoms with Crippen molar-refractivity contribution in [1.82, 2.24) is 14.5 Å². The maximum Gasteiger partial charge on any atom is 0.258 e. The third kappa shape index (κ3) is 3.98. The van der Waals surface area contributed by atoms with Gasteiger partial charge in [0.1, 0.15) is 12.0 Å². The quantitative estimate of drug-likeness (QED) is 0.595. The van der Waals surface area contributed by atoms with Crippen molar-refractivity contribution in [2.45, 2.75) is 32.0 Å². The number of carbonyl (C=O) groups is 1. The number of halogens is 1. The second-order valence-corrected chi connectivity index (χ2v) is 7.86. The SMILES string of the molecule is C=CC[C@H](O)c1cc(C)c(-c2cc3cnc(NC(=O)[C@H]4C[C@H]4F)cc3n(C)c2=O)cn1. The molecule has 31 heavy (non-hydrogen) atoms. The monoisotopic (exact) mass is 422 g/mol. The number of anilines is 1. The van der Waals surface area contributed by atoms with Gasteiger partial charge < -0.3 is 15.0 Å². The Hall–Kier alpha value is -3.39. The standard InChI is InChI=1S/C23H23FN4O3/c1-4-5-20(29)18-6-12(2)16(11-25-18)14-7-13-10-26-21(9-19(13)28(3)23(14)31)27-22(30)15-8-17(15)24/h4,6-7,9-11,15,17,20,29H,1,5,8H2,2-3H3,(H,26,27,30)/t15-,17+,20-/m0/s1. The molecule has 3 aromatic rings. The fourth-order valence-corrected chi connectivity index (χ4v) is 3.60. The fourth-order valence-electron chi connectivity index (χ4n) is 3.60. The number of alkyl halides is 1. The Morgan fingerprint density at radius 2 is 2.10 bits per heavy atom. The number of carbonyl (C=O) groups excluding carboxylic acids is 1. The van der Waals surface area contributed by atoms with E-state index >= 15 is 0 Å². The number of nitrogens with zero attached hydrogens (tertiary/aromatic N) is 3. The van der Waals surface area contributed by atoms with E-state index < -0.39 is 24.1 Å². The summed E-state index contributed by atoms with van der Waals surface area (Å²) in [6, 6.07) is 5.10. The third-order valence-corrected chi connectivity index (χ3v) is 5.56. The van der Waals surface area contributed by atoms with Gasteiger partial charge in [0.25, 0.3) is 5.56 Å². The van der Waals surface area contributed by atoms with Crippen LogP contribution in [0.15, 0.2) is 48.0 Å². The summed E-state index contributed by atoms with van der Waals surface area (Å²) in [5.74, 6) is -0.744. The lowest BCUT2D eigenvalue weighted by Gasteiger charge is -2.14. The van der Waals surface area contributed by atoms with Crippen molar-refractivity contribution < 1.29 is 14.3 Å². The van der Waals surface area contributed by atoms with Crippen molar-refractivity contribution in [1.29, 1.82) is 0 Å². The second kappa shape index (κ2) is 8.03. The number of amides is 1. The summed E-state index contributed by atoms with van der Waals surface area (Å²) < 4.78 is 14.6. The highest BCUT2D eigenvalue weighted by molar-refractivity contribution is 5.95. The molecule has 0 aromatic carbocycles. The topological polar surface area (TPSA) is 97.1 Å². The zero-order valence-corrected chi connectivity index (χ0v) is 17.3. The Balaban J connectivity index is 1.70. The lowest BCUT2D eigenvalue weighted by molar-refractivity contribution is -0.117. The molecular weight excluding hydrogens is 399 g/mol. The number of aryl methyl sites for hydroxylation is 2. The van der Waals surface area contributed by atoms with Crippen molar-refractivity contribution in [2.75, 3.05) is 5.32 Å². The summed E-state index contributed by atoms with van der Waals surface area (Å²) >= 11 is 0. The number of fused-ring (bicyclic) bond motifs is 1. The molecule has 0 spiro atoms. The molecule has 0 saturated heterocycles. The van der Waals surface area contributed by atoms with Crippen molar-refractivity contribution in [3.8, 4) is 11.1 Å². The van der Waals surface area contributed by atoms with Gasteiger partial charge in [0, 0.05) is 42.0 Å². The van der Waals surface area contributed by atoms with E-state index in [-0.39, 0.29) is 17.8 Å². The van der Waals surface area contributed by atoms with Crippen LogP contribution in [0.2, 0.25) is 0 Å². The number of hydrogen-bond donors (Lipinski definition) is 2. The first-order chi connectivity index (χ1) is 14.8. The minimum absolute atomic E-state index is 0.230. The Morgan fingerprint density at radius 1 is 1.35 bits per heavy atom. The maximum atomic E-state index is 13.1. The zero-order valence-electron chi connectivity index (χ0n) is 17.3. The number of nitrogens with one attached hydrogen (secondary N) is 1. The molecule has 1 aliphatic carbocycles. The van der Waals surface area contributed by atoms with Gasteiger partial charge in [0.15, 0.2) is 0 Å². The Kier molecular flexibility index (Phi) is 5.41. The van der Waals surface area contributed by atoms with E-state index in [4.69, 9.17) is 0 Å². The van der Waals surface area contributed by atoms with Crippen LogP contribution in [-0.2, 0) is 11.8 Å². The molecule has 3 heterocycles. The fraction of sp³-hybridized carbons (Fsp3) is 0.304. The Morgan fingerprint density at radius 3 is 2.74 bits per heavy atom. The van der Waals surface area contributed by atoms with Gasteiger partial charge in [-0.05, 0) is 37.5 Å². The first-order valence-corrected chi connectivity index (χ1v) is 10.0. The summed E-state index contributed by atoms with van der Waals surface area (Å²) in [6.45, 7) is 5.48. The Bertz CT molecular complexity index is 1250. The molecule has 1 fully saturated rings. The largest absolute Gasteiger partial charge is 0.386 e. The van der Waals surface area contributed by atoms with Gasteiger partial charge in [-0.15, -0.1) is 6.58 Å². The average molecular weight is 422 g/mol. The van der Waals surface area contributed by atoms with E-state index in [1.54, 1.807) is 43.7 Å². The van der Waals surface area contributed by atoms with Crippen LogP contribution < -0.4 is 10.9 Å². The van der Waals surface area contributed by atoms with Gasteiger partial charge >= 0.3 is 0 Å². The molecule has 1 saturated carbocycles. The second-order valence-electron chi connectivity index (χ2n) is 7.86. The molecule has 7 nitrogen and oxygen atoms in total. The molecule has 1 aliphatic rings. The lowest BCUT2D eigenvalue weighted by atomic mass is 10.0. The van der Waals surface area contributed by atoms with Crippen LogP contribution in [0.4, 0.5) is 10.2 Å². The maximum absolute atomic E-state index is 13.1. The van der Waals surface area contributed by atoms with E-state index in [9.17, 15) is 19.1 Å². The molecular formula is C23H23FN4O3. The van der Waals surface area contributed by atoms with Gasteiger partial charge in [-0.3, -0.25) is 14.6 Å². The first kappa shape index (κ1) is 20.9. The molecule has 3 aromatic heterocycles. The molecule has 1 amide bonds. The van der Waals surface area contributed by atoms with Crippen LogP contribution in [0.1, 0.15) is 30.2 Å². The number of pyridine rings is 3. The third-order valence-electron chi connectivity index (χ3n) is 5.56. The van der Waals surface area contributed by atoms with Crippen molar-refractivity contribution in [3.63, 3.8) is 0 Å². The predicted molar refractivity (Wildman–Crippen MR) is 116 cm³/mol. The van der Waals surface area contributed by atoms with Gasteiger partial charge in [0.2, 0.25) is 5.91 Å². The molecule has 0 unspecified atom stereocenters. The molecule has 0 aliphatic heterocycles. The van der Waals surface area contributed by atoms with Gasteiger partial charge in [0.05, 0.1) is 23.2 Å². The first-order valence-electron chi connectivity index (χ1n) is 10.0. The van der Waals surface area contributed by atoms with Crippen molar-refractivity contribution in [3.05, 3.63) is 64.9 Å². The van der Waals surface area contributed by atoms with E-state index in [1.807, 2.05) is 6.92 Å². The van der Waals surface area contributed by atoms with E-state index in [2.05, 4.69) is 21.9 Å². The van der Waals surface area contributed by atoms with Crippen LogP contribution in [0.5, 0.6) is 0 Å². The molecule has 2 N–H and O–H groups in total. The van der Waals surface area contributed by atoms with Crippen LogP contribution in [0.3, 0.4) is 0 Å². The zero-order chi connectivity index (χ0) is 22.3. The predicted octanol–water partition coefficient (Wildman–Crippen LogP) is 3.21. The number of rotatable bonds is 6. The molecule has 160 valence electrons. The molecule has 4 rings (SSSR count). The number of aliphatic hydroxyl groups excluding tert-OH is 1. The number of aliphatic hydroxyl groups is 1. The van der Waals surface area contributed by atoms with Gasteiger partial charge in [-0.1, -0.05) is 6.08 Å². The summed E-state index contributed by atoms with van der Waals surface area (Å²) in [4.78, 5) is 33.6. The van der Waals surface area contributed by atoms with Gasteiger partial charge in [-0.25, -0.2) is 9.37 Å². The Labute approximate surface area is 178 Å². The number of aromatic nitrogens is 3. The van der Waals surface area contributed by atoms with Crippen molar-refractivity contribution in [2.24, 2.45) is 13.0 Å². The summed E-state index contributed by atoms with van der Waals surface area (Å²) in [6.07, 6.45) is 3.57. The van der Waals surface area contributed by atoms with Crippen molar-refractivity contribution >= 4 is 22.6 Å². The smallest absolute Gasteiger partial charge is 0.258 e. The lowest BCUT2D eigenvalue weighted by Crippen LogP contribution is -2.20. The molecule has 0 radical (unpaired) electrons. The van der Waals surface area contributed by atoms with E-state index in [0.29, 0.717) is 34.1 Å². The van der Waals surface area contributed by atoms with Crippen LogP contribution in [0.25, 0.3) is 22.0 Å². The highest BCUT2D eigenvalue weighted by atomic mass is 19.1. The average Bonchev–Trinajstić information content (AvgIpc) is 3.48. The van der Waals surface area contributed by atoms with E-state index in [1.165, 1.54) is 4.57 Å². The van der Waals surface area contributed by atoms with E-state index in [0.717, 1.165) is 5.56 Å². The molecule has 8 heteroatoms. The molecule has 3 atom stereocenters. The summed E-state index contributed by atoms with van der Waals surface area (Å²) in [5.41, 5.74) is 2.82. The highest BCUT2D eigenvalue weighted by Gasteiger charge is 2.43. The van der Waals surface area contributed by atoms with Crippen LogP contribution >= 0.6 is 0 Å². The van der Waals surface area contributed by atoms with Gasteiger partial charge in [-0.2, -0.15) is 0 Å². The minimum Gasteiger partial charge on any atom is -0.386 e. The van der Waals surface area contributed by atoms with Crippen LogP contribution in [0, 0.1) is 12.8 Å². The summed E-state index contributed by atoms with van der Waals surface area (Å²) in [7, 11) is 1.64. The highest BCUT2D eigenvalue weighted by Crippen LogP contribution is 2.34. The normalized spacial score (nSPS) is 18.6.